The van der Waals surface area contributed by atoms with Crippen molar-refractivity contribution in [1.82, 2.24) is 5.32 Å². The second kappa shape index (κ2) is 7.09. The van der Waals surface area contributed by atoms with E-state index in [1.165, 1.54) is 18.2 Å². The Bertz CT molecular complexity index is 839. The lowest BCUT2D eigenvalue weighted by molar-refractivity contribution is -0.122. The quantitative estimate of drug-likeness (QED) is 0.818. The smallest absolute Gasteiger partial charge is 0.257 e. The van der Waals surface area contributed by atoms with Crippen molar-refractivity contribution in [1.29, 1.82) is 0 Å². The number of phenolic OH excluding ortho intramolecular Hbond substituents is 1. The van der Waals surface area contributed by atoms with Crippen LogP contribution in [0.15, 0.2) is 48.2 Å². The molecule has 0 spiro atoms. The highest BCUT2D eigenvalue weighted by Gasteiger charge is 2.27. The van der Waals surface area contributed by atoms with Crippen LogP contribution in [-0.2, 0) is 4.79 Å². The fraction of sp³-hybridized carbons (Fsp3) is 0.158. The molecule has 128 valence electrons. The molecule has 2 N–H and O–H groups in total. The maximum atomic E-state index is 12.3. The molecule has 6 nitrogen and oxygen atoms in total. The lowest BCUT2D eigenvalue weighted by atomic mass is 10.1. The van der Waals surface area contributed by atoms with Crippen LogP contribution in [0.2, 0.25) is 0 Å². The summed E-state index contributed by atoms with van der Waals surface area (Å²) in [4.78, 5) is 23.6. The Morgan fingerprint density at radius 3 is 2.72 bits per heavy atom. The summed E-state index contributed by atoms with van der Waals surface area (Å²) >= 11 is 0. The number of hydrogen-bond acceptors (Lipinski definition) is 5. The zero-order chi connectivity index (χ0) is 17.8. The van der Waals surface area contributed by atoms with E-state index >= 15 is 0 Å². The number of nitrogens with one attached hydrogen (secondary N) is 1. The summed E-state index contributed by atoms with van der Waals surface area (Å²) in [5.74, 6) is 0.725. The molecule has 25 heavy (non-hydrogen) atoms. The van der Waals surface area contributed by atoms with Gasteiger partial charge >= 0.3 is 0 Å². The SMILES string of the molecule is CCNC(=O)COc1ccc(C=C2Oc3cc(O)ccc3C2=O)cc1. The van der Waals surface area contributed by atoms with E-state index in [1.54, 1.807) is 30.3 Å². The Kier molecular flexibility index (Phi) is 4.70. The molecule has 1 heterocycles. The first-order valence-corrected chi connectivity index (χ1v) is 7.83. The van der Waals surface area contributed by atoms with Crippen LogP contribution in [0.3, 0.4) is 0 Å². The van der Waals surface area contributed by atoms with Crippen molar-refractivity contribution in [3.8, 4) is 17.2 Å². The van der Waals surface area contributed by atoms with Gasteiger partial charge in [0, 0.05) is 12.6 Å². The Morgan fingerprint density at radius 2 is 2.00 bits per heavy atom. The number of fused-ring (bicyclic) bond motifs is 1. The Labute approximate surface area is 144 Å². The van der Waals surface area contributed by atoms with Gasteiger partial charge in [0.15, 0.2) is 12.4 Å². The van der Waals surface area contributed by atoms with Gasteiger partial charge in [-0.15, -0.1) is 0 Å². The number of benzene rings is 2. The lowest BCUT2D eigenvalue weighted by Crippen LogP contribution is -2.28. The van der Waals surface area contributed by atoms with Gasteiger partial charge in [-0.1, -0.05) is 12.1 Å². The number of carbonyl (C=O) groups is 2. The van der Waals surface area contributed by atoms with E-state index < -0.39 is 0 Å². The van der Waals surface area contributed by atoms with Gasteiger partial charge < -0.3 is 19.9 Å². The Balaban J connectivity index is 1.68. The highest BCUT2D eigenvalue weighted by Crippen LogP contribution is 2.34. The van der Waals surface area contributed by atoms with E-state index in [0.717, 1.165) is 5.56 Å². The number of ether oxygens (including phenoxy) is 2. The topological polar surface area (TPSA) is 84.9 Å². The number of allylic oxidation sites excluding steroid dienone is 1. The van der Waals surface area contributed by atoms with Gasteiger partial charge in [0.1, 0.15) is 17.2 Å². The minimum absolute atomic E-state index is 0.0430. The van der Waals surface area contributed by atoms with Gasteiger partial charge in [-0.2, -0.15) is 0 Å². The van der Waals surface area contributed by atoms with Crippen molar-refractivity contribution in [2.45, 2.75) is 6.92 Å². The van der Waals surface area contributed by atoms with E-state index in [9.17, 15) is 14.7 Å². The zero-order valence-electron chi connectivity index (χ0n) is 13.6. The number of aromatic hydroxyl groups is 1. The molecule has 0 radical (unpaired) electrons. The summed E-state index contributed by atoms with van der Waals surface area (Å²) in [5.41, 5.74) is 1.18. The third kappa shape index (κ3) is 3.80. The van der Waals surface area contributed by atoms with Crippen molar-refractivity contribution in [2.75, 3.05) is 13.2 Å². The zero-order valence-corrected chi connectivity index (χ0v) is 13.6. The first-order valence-electron chi connectivity index (χ1n) is 7.83. The van der Waals surface area contributed by atoms with Crippen LogP contribution in [0.1, 0.15) is 22.8 Å². The number of hydrogen-bond donors (Lipinski definition) is 2. The predicted octanol–water partition coefficient (Wildman–Crippen LogP) is 2.52. The number of phenols is 1. The maximum absolute atomic E-state index is 12.3. The van der Waals surface area contributed by atoms with Gasteiger partial charge in [0.05, 0.1) is 5.56 Å². The molecule has 6 heteroatoms. The van der Waals surface area contributed by atoms with Crippen molar-refractivity contribution in [3.63, 3.8) is 0 Å². The van der Waals surface area contributed by atoms with Crippen LogP contribution in [0.5, 0.6) is 17.2 Å². The van der Waals surface area contributed by atoms with Crippen molar-refractivity contribution < 1.29 is 24.2 Å². The molecule has 0 unspecified atom stereocenters. The number of carbonyl (C=O) groups excluding carboxylic acids is 2. The van der Waals surface area contributed by atoms with Gasteiger partial charge in [-0.25, -0.2) is 0 Å². The van der Waals surface area contributed by atoms with E-state index in [4.69, 9.17) is 9.47 Å². The van der Waals surface area contributed by atoms with Gasteiger partial charge in [0.2, 0.25) is 5.78 Å². The lowest BCUT2D eigenvalue weighted by Gasteiger charge is -2.06. The normalized spacial score (nSPS) is 14.1. The van der Waals surface area contributed by atoms with E-state index in [-0.39, 0.29) is 29.8 Å². The van der Waals surface area contributed by atoms with Crippen LogP contribution >= 0.6 is 0 Å². The maximum Gasteiger partial charge on any atom is 0.257 e. The second-order valence-electron chi connectivity index (χ2n) is 5.43. The van der Waals surface area contributed by atoms with Crippen molar-refractivity contribution >= 4 is 17.8 Å². The van der Waals surface area contributed by atoms with E-state index in [2.05, 4.69) is 5.32 Å². The average Bonchev–Trinajstić information content (AvgIpc) is 2.89. The summed E-state index contributed by atoms with van der Waals surface area (Å²) in [6, 6.07) is 11.3. The van der Waals surface area contributed by atoms with Gasteiger partial charge in [-0.3, -0.25) is 9.59 Å². The summed E-state index contributed by atoms with van der Waals surface area (Å²) in [5, 5.41) is 12.1. The predicted molar refractivity (Wildman–Crippen MR) is 91.7 cm³/mol. The van der Waals surface area contributed by atoms with Crippen molar-refractivity contribution in [3.05, 3.63) is 59.4 Å². The molecule has 0 saturated heterocycles. The first kappa shape index (κ1) is 16.6. The molecule has 0 atom stereocenters. The van der Waals surface area contributed by atoms with Gasteiger partial charge in [-0.05, 0) is 42.8 Å². The number of Topliss-reactive ketones (excluding diaryl/α,β-unsaturated/α-hetero) is 1. The minimum Gasteiger partial charge on any atom is -0.508 e. The number of likely N-dealkylation sites (N-methyl/N-ethyl adjacent to an activating group) is 1. The highest BCUT2D eigenvalue weighted by atomic mass is 16.5. The first-order chi connectivity index (χ1) is 12.1. The fourth-order valence-corrected chi connectivity index (χ4v) is 2.38. The molecule has 0 saturated carbocycles. The standard InChI is InChI=1S/C19H17NO5/c1-2-20-18(22)11-24-14-6-3-12(4-7-14)9-17-19(23)15-8-5-13(21)10-16(15)25-17/h3-10,21H,2,11H2,1H3,(H,20,22). The molecule has 2 aromatic rings. The summed E-state index contributed by atoms with van der Waals surface area (Å²) < 4.78 is 10.9. The molecule has 0 aromatic heterocycles. The molecule has 1 aliphatic heterocycles. The van der Waals surface area contributed by atoms with E-state index in [1.807, 2.05) is 6.92 Å². The fourth-order valence-electron chi connectivity index (χ4n) is 2.38. The summed E-state index contributed by atoms with van der Waals surface area (Å²) in [6.07, 6.45) is 1.62. The van der Waals surface area contributed by atoms with Crippen molar-refractivity contribution in [2.24, 2.45) is 0 Å². The van der Waals surface area contributed by atoms with Gasteiger partial charge in [0.25, 0.3) is 5.91 Å². The van der Waals surface area contributed by atoms with Crippen LogP contribution in [0.25, 0.3) is 6.08 Å². The summed E-state index contributed by atoms with van der Waals surface area (Å²) in [7, 11) is 0. The third-order valence-electron chi connectivity index (χ3n) is 3.58. The minimum atomic E-state index is -0.230. The summed E-state index contributed by atoms with van der Waals surface area (Å²) in [6.45, 7) is 2.35. The molecule has 0 fully saturated rings. The number of rotatable bonds is 5. The largest absolute Gasteiger partial charge is 0.508 e. The van der Waals surface area contributed by atoms with Crippen LogP contribution in [0, 0.1) is 0 Å². The second-order valence-corrected chi connectivity index (χ2v) is 5.43. The van der Waals surface area contributed by atoms with E-state index in [0.29, 0.717) is 23.6 Å². The number of ketones is 1. The van der Waals surface area contributed by atoms with Crippen LogP contribution in [-0.4, -0.2) is 29.9 Å². The molecule has 0 bridgehead atoms. The monoisotopic (exact) mass is 339 g/mol. The molecule has 1 aliphatic rings. The highest BCUT2D eigenvalue weighted by molar-refractivity contribution is 6.14. The van der Waals surface area contributed by atoms with Crippen LogP contribution in [0.4, 0.5) is 0 Å². The molecular weight excluding hydrogens is 322 g/mol. The molecule has 1 amide bonds. The average molecular weight is 339 g/mol. The van der Waals surface area contributed by atoms with Crippen LogP contribution < -0.4 is 14.8 Å². The molecule has 0 aliphatic carbocycles. The molecular formula is C19H17NO5. The Hall–Kier alpha value is -3.28. The third-order valence-corrected chi connectivity index (χ3v) is 3.58. The molecule has 2 aromatic carbocycles. The number of amides is 1. The Morgan fingerprint density at radius 1 is 1.24 bits per heavy atom. The molecule has 3 rings (SSSR count).